The average molecular weight is 429 g/mol. The Morgan fingerprint density at radius 1 is 1.10 bits per heavy atom. The number of aromatic nitrogens is 1. The summed E-state index contributed by atoms with van der Waals surface area (Å²) in [5, 5.41) is 1.04. The van der Waals surface area contributed by atoms with Crippen molar-refractivity contribution in [1.82, 2.24) is 9.88 Å². The second-order valence-electron chi connectivity index (χ2n) is 7.29. The van der Waals surface area contributed by atoms with E-state index in [4.69, 9.17) is 9.47 Å². The number of fused-ring (bicyclic) bond motifs is 1. The van der Waals surface area contributed by atoms with Crippen LogP contribution >= 0.6 is 0 Å². The number of carbonyl (C=O) groups is 1. The molecule has 1 fully saturated rings. The summed E-state index contributed by atoms with van der Waals surface area (Å²) >= 11 is 0. The minimum absolute atomic E-state index is 0.0433. The van der Waals surface area contributed by atoms with Crippen LogP contribution in [0.3, 0.4) is 0 Å². The van der Waals surface area contributed by atoms with E-state index in [0.29, 0.717) is 5.69 Å². The molecule has 7 nitrogen and oxygen atoms in total. The van der Waals surface area contributed by atoms with E-state index < -0.39 is 15.3 Å². The molecule has 1 unspecified atom stereocenters. The van der Waals surface area contributed by atoms with E-state index in [9.17, 15) is 13.2 Å². The van der Waals surface area contributed by atoms with Crippen LogP contribution in [0, 0.1) is 0 Å². The lowest BCUT2D eigenvalue weighted by atomic mass is 10.1. The lowest BCUT2D eigenvalue weighted by Crippen LogP contribution is -2.35. The Kier molecular flexibility index (Phi) is 6.17. The molecular formula is C22H24N2O5S. The Balaban J connectivity index is 1.60. The van der Waals surface area contributed by atoms with Gasteiger partial charge in [0.15, 0.2) is 0 Å². The molecule has 0 spiro atoms. The minimum Gasteiger partial charge on any atom is -0.447 e. The van der Waals surface area contributed by atoms with Crippen molar-refractivity contribution in [1.29, 1.82) is 0 Å². The van der Waals surface area contributed by atoms with Gasteiger partial charge in [0.2, 0.25) is 15.3 Å². The quantitative estimate of drug-likeness (QED) is 0.555. The molecule has 30 heavy (non-hydrogen) atoms. The Hall–Kier alpha value is -2.68. The fraction of sp³-hybridized carbons (Fsp3) is 0.318. The third-order valence-electron chi connectivity index (χ3n) is 5.32. The first-order valence-corrected chi connectivity index (χ1v) is 11.4. The summed E-state index contributed by atoms with van der Waals surface area (Å²) in [5.74, 6) is 0. The van der Waals surface area contributed by atoms with E-state index in [2.05, 4.69) is 16.0 Å². The number of hydrogen-bond acceptors (Lipinski definition) is 6. The molecule has 1 aliphatic rings. The van der Waals surface area contributed by atoms with Gasteiger partial charge in [0.1, 0.15) is 0 Å². The molecule has 1 atom stereocenters. The van der Waals surface area contributed by atoms with Crippen LogP contribution in [0.1, 0.15) is 11.3 Å². The second-order valence-corrected chi connectivity index (χ2v) is 9.37. The number of morpholine rings is 1. The monoisotopic (exact) mass is 428 g/mol. The van der Waals surface area contributed by atoms with E-state index in [1.54, 1.807) is 18.2 Å². The fourth-order valence-electron chi connectivity index (χ4n) is 3.76. The minimum atomic E-state index is -3.83. The normalized spacial score (nSPS) is 16.4. The highest BCUT2D eigenvalue weighted by Crippen LogP contribution is 2.25. The summed E-state index contributed by atoms with van der Waals surface area (Å²) in [4.78, 5) is 16.8. The van der Waals surface area contributed by atoms with E-state index in [1.807, 2.05) is 18.2 Å². The van der Waals surface area contributed by atoms with Crippen LogP contribution in [-0.2, 0) is 37.1 Å². The molecular weight excluding hydrogens is 404 g/mol. The molecule has 0 aliphatic carbocycles. The number of ether oxygens (including phenoxy) is 2. The predicted molar refractivity (Wildman–Crippen MR) is 113 cm³/mol. The van der Waals surface area contributed by atoms with Crippen molar-refractivity contribution in [2.45, 2.75) is 23.3 Å². The molecule has 1 aliphatic heterocycles. The number of carbonyl (C=O) groups excluding carboxylic acids is 1. The average Bonchev–Trinajstić information content (AvgIpc) is 3.18. The molecule has 2 aromatic carbocycles. The maximum atomic E-state index is 13.0. The van der Waals surface area contributed by atoms with Crippen molar-refractivity contribution in [3.63, 3.8) is 0 Å². The topological polar surface area (TPSA) is 88.7 Å². The van der Waals surface area contributed by atoms with Crippen molar-refractivity contribution in [3.05, 3.63) is 65.9 Å². The van der Waals surface area contributed by atoms with Gasteiger partial charge in [-0.05, 0) is 29.8 Å². The number of H-pyrrole nitrogens is 1. The summed E-state index contributed by atoms with van der Waals surface area (Å²) in [6.07, 6.45) is 0.0433. The largest absolute Gasteiger partial charge is 0.447 e. The van der Waals surface area contributed by atoms with Crippen molar-refractivity contribution in [2.24, 2.45) is 0 Å². The van der Waals surface area contributed by atoms with Crippen molar-refractivity contribution in [2.75, 3.05) is 26.3 Å². The smallest absolute Gasteiger partial charge is 0.294 e. The standard InChI is InChI=1S/C22H24N2O5S/c25-16-29-22(30(26,27)19-6-2-1-3-7-19)14-18-13-20-17(5-4-8-21(20)23-18)15-24-9-11-28-12-10-24/h1-8,13,16,22-23H,9-12,14-15H2. The van der Waals surface area contributed by atoms with Crippen molar-refractivity contribution in [3.8, 4) is 0 Å². The van der Waals surface area contributed by atoms with Crippen LogP contribution in [0.5, 0.6) is 0 Å². The lowest BCUT2D eigenvalue weighted by molar-refractivity contribution is -0.130. The van der Waals surface area contributed by atoms with Crippen LogP contribution in [0.2, 0.25) is 0 Å². The Morgan fingerprint density at radius 2 is 1.87 bits per heavy atom. The highest BCUT2D eigenvalue weighted by Gasteiger charge is 2.30. The number of nitrogens with one attached hydrogen (secondary N) is 1. The Bertz CT molecular complexity index is 1110. The Morgan fingerprint density at radius 3 is 2.60 bits per heavy atom. The predicted octanol–water partition coefficient (Wildman–Crippen LogP) is 2.52. The SMILES string of the molecule is O=COC(Cc1cc2c(CN3CCOCC3)cccc2[nH]1)S(=O)(=O)c1ccccc1. The first-order valence-electron chi connectivity index (χ1n) is 9.85. The van der Waals surface area contributed by atoms with E-state index >= 15 is 0 Å². The summed E-state index contributed by atoms with van der Waals surface area (Å²) in [5.41, 5.74) is 1.49. The van der Waals surface area contributed by atoms with Crippen LogP contribution in [0.25, 0.3) is 10.9 Å². The van der Waals surface area contributed by atoms with Crippen molar-refractivity contribution < 1.29 is 22.7 Å². The third kappa shape index (κ3) is 4.40. The second kappa shape index (κ2) is 8.99. The zero-order valence-electron chi connectivity index (χ0n) is 16.5. The van der Waals surface area contributed by atoms with Gasteiger partial charge in [-0.15, -0.1) is 0 Å². The Labute approximate surface area is 175 Å². The third-order valence-corrected chi connectivity index (χ3v) is 7.22. The molecule has 1 aromatic heterocycles. The number of nitrogens with zero attached hydrogens (tertiary/aromatic N) is 1. The lowest BCUT2D eigenvalue weighted by Gasteiger charge is -2.26. The van der Waals surface area contributed by atoms with Gasteiger partial charge in [-0.1, -0.05) is 30.3 Å². The summed E-state index contributed by atoms with van der Waals surface area (Å²) in [6.45, 7) is 4.23. The molecule has 0 bridgehead atoms. The van der Waals surface area contributed by atoms with Gasteiger partial charge >= 0.3 is 0 Å². The summed E-state index contributed by atoms with van der Waals surface area (Å²) in [7, 11) is -3.83. The molecule has 0 radical (unpaired) electrons. The molecule has 4 rings (SSSR count). The number of hydrogen-bond donors (Lipinski definition) is 1. The fourth-order valence-corrected chi connectivity index (χ4v) is 5.19. The van der Waals surface area contributed by atoms with E-state index in [0.717, 1.165) is 49.3 Å². The molecule has 1 saturated heterocycles. The van der Waals surface area contributed by atoms with Gasteiger partial charge in [0.05, 0.1) is 18.1 Å². The highest BCUT2D eigenvalue weighted by atomic mass is 32.2. The van der Waals surface area contributed by atoms with E-state index in [-0.39, 0.29) is 17.8 Å². The highest BCUT2D eigenvalue weighted by molar-refractivity contribution is 7.92. The molecule has 158 valence electrons. The zero-order valence-corrected chi connectivity index (χ0v) is 17.3. The summed E-state index contributed by atoms with van der Waals surface area (Å²) in [6, 6.07) is 16.0. The first kappa shape index (κ1) is 20.6. The summed E-state index contributed by atoms with van der Waals surface area (Å²) < 4.78 is 36.3. The molecule has 0 amide bonds. The maximum absolute atomic E-state index is 13.0. The number of benzene rings is 2. The molecule has 1 N–H and O–H groups in total. The van der Waals surface area contributed by atoms with Crippen LogP contribution < -0.4 is 0 Å². The first-order chi connectivity index (χ1) is 14.6. The molecule has 0 saturated carbocycles. The van der Waals surface area contributed by atoms with Gasteiger partial charge in [0.25, 0.3) is 6.47 Å². The van der Waals surface area contributed by atoms with Gasteiger partial charge in [-0.2, -0.15) is 0 Å². The van der Waals surface area contributed by atoms with E-state index in [1.165, 1.54) is 12.1 Å². The maximum Gasteiger partial charge on any atom is 0.294 e. The van der Waals surface area contributed by atoms with Gasteiger partial charge in [-0.3, -0.25) is 9.69 Å². The number of aromatic amines is 1. The molecule has 8 heteroatoms. The molecule has 3 aromatic rings. The van der Waals surface area contributed by atoms with Crippen LogP contribution in [-0.4, -0.2) is 56.5 Å². The van der Waals surface area contributed by atoms with Crippen LogP contribution in [0.15, 0.2) is 59.5 Å². The number of rotatable bonds is 8. The van der Waals surface area contributed by atoms with Gasteiger partial charge < -0.3 is 14.5 Å². The molecule has 2 heterocycles. The zero-order chi connectivity index (χ0) is 21.0. The number of sulfone groups is 1. The van der Waals surface area contributed by atoms with Gasteiger partial charge in [-0.25, -0.2) is 8.42 Å². The van der Waals surface area contributed by atoms with Gasteiger partial charge in [0, 0.05) is 42.7 Å². The van der Waals surface area contributed by atoms with Crippen molar-refractivity contribution >= 4 is 27.2 Å². The van der Waals surface area contributed by atoms with Crippen LogP contribution in [0.4, 0.5) is 0 Å².